The lowest BCUT2D eigenvalue weighted by Gasteiger charge is -2.15. The van der Waals surface area contributed by atoms with E-state index < -0.39 is 15.9 Å². The summed E-state index contributed by atoms with van der Waals surface area (Å²) >= 11 is 0. The van der Waals surface area contributed by atoms with Crippen molar-refractivity contribution >= 4 is 21.8 Å². The van der Waals surface area contributed by atoms with Crippen LogP contribution in [0.1, 0.15) is 41.3 Å². The van der Waals surface area contributed by atoms with Gasteiger partial charge in [-0.05, 0) is 42.7 Å². The second-order valence-electron chi connectivity index (χ2n) is 7.28. The van der Waals surface area contributed by atoms with Gasteiger partial charge in [-0.2, -0.15) is 0 Å². The Kier molecular flexibility index (Phi) is 7.29. The van der Waals surface area contributed by atoms with Crippen molar-refractivity contribution in [2.45, 2.75) is 37.8 Å². The van der Waals surface area contributed by atoms with Crippen LogP contribution in [0.15, 0.2) is 47.4 Å². The molecular weight excluding hydrogens is 418 g/mol. The minimum Gasteiger partial charge on any atom is -0.496 e. The first kappa shape index (κ1) is 22.8. The molecule has 2 aromatic carbocycles. The SMILES string of the molecule is CCNC(=O)c1cc(S(=O)(=O)NCc2ccc(CN3CCCC3=O)cc2)ccc1OC. The summed E-state index contributed by atoms with van der Waals surface area (Å²) in [5.41, 5.74) is 1.95. The number of methoxy groups -OCH3 is 1. The van der Waals surface area contributed by atoms with Gasteiger partial charge in [-0.25, -0.2) is 13.1 Å². The molecule has 0 bridgehead atoms. The van der Waals surface area contributed by atoms with Crippen molar-refractivity contribution < 1.29 is 22.7 Å². The number of carbonyl (C=O) groups is 2. The lowest BCUT2D eigenvalue weighted by molar-refractivity contribution is -0.128. The van der Waals surface area contributed by atoms with E-state index in [1.54, 1.807) is 6.92 Å². The van der Waals surface area contributed by atoms with Crippen LogP contribution in [0.25, 0.3) is 0 Å². The van der Waals surface area contributed by atoms with E-state index in [0.717, 1.165) is 24.1 Å². The summed E-state index contributed by atoms with van der Waals surface area (Å²) in [5.74, 6) is 0.0729. The molecule has 1 saturated heterocycles. The fraction of sp³-hybridized carbons (Fsp3) is 0.364. The molecule has 3 rings (SSSR count). The van der Waals surface area contributed by atoms with Gasteiger partial charge < -0.3 is 15.0 Å². The van der Waals surface area contributed by atoms with E-state index >= 15 is 0 Å². The molecule has 1 aliphatic rings. The van der Waals surface area contributed by atoms with Gasteiger partial charge in [0.25, 0.3) is 5.91 Å². The van der Waals surface area contributed by atoms with Crippen LogP contribution in [0.2, 0.25) is 0 Å². The molecule has 0 aliphatic carbocycles. The van der Waals surface area contributed by atoms with Crippen molar-refractivity contribution in [1.29, 1.82) is 0 Å². The van der Waals surface area contributed by atoms with Crippen LogP contribution in [0.4, 0.5) is 0 Å². The average molecular weight is 446 g/mol. The summed E-state index contributed by atoms with van der Waals surface area (Å²) in [6.07, 6.45) is 1.50. The van der Waals surface area contributed by atoms with E-state index in [4.69, 9.17) is 4.74 Å². The van der Waals surface area contributed by atoms with Crippen LogP contribution in [-0.2, 0) is 27.9 Å². The van der Waals surface area contributed by atoms with Crippen molar-refractivity contribution in [3.63, 3.8) is 0 Å². The summed E-state index contributed by atoms with van der Waals surface area (Å²) in [4.78, 5) is 25.8. The Bertz CT molecular complexity index is 1050. The van der Waals surface area contributed by atoms with Crippen LogP contribution >= 0.6 is 0 Å². The van der Waals surface area contributed by atoms with Crippen LogP contribution in [-0.4, -0.2) is 45.3 Å². The van der Waals surface area contributed by atoms with Gasteiger partial charge in [-0.15, -0.1) is 0 Å². The second-order valence-corrected chi connectivity index (χ2v) is 9.05. The minimum atomic E-state index is -3.83. The zero-order valence-electron chi connectivity index (χ0n) is 17.7. The molecule has 0 radical (unpaired) electrons. The first-order valence-electron chi connectivity index (χ1n) is 10.2. The van der Waals surface area contributed by atoms with Crippen molar-refractivity contribution in [2.75, 3.05) is 20.2 Å². The predicted octanol–water partition coefficient (Wildman–Crippen LogP) is 2.05. The van der Waals surface area contributed by atoms with Crippen LogP contribution in [0.3, 0.4) is 0 Å². The number of nitrogens with one attached hydrogen (secondary N) is 2. The third-order valence-electron chi connectivity index (χ3n) is 5.10. The second kappa shape index (κ2) is 9.93. The molecule has 166 valence electrons. The molecule has 0 spiro atoms. The van der Waals surface area contributed by atoms with Crippen molar-refractivity contribution in [1.82, 2.24) is 14.9 Å². The topological polar surface area (TPSA) is 105 Å². The molecule has 1 fully saturated rings. The molecule has 8 nitrogen and oxygen atoms in total. The normalized spacial score (nSPS) is 14.0. The molecule has 0 aromatic heterocycles. The number of likely N-dealkylation sites (tertiary alicyclic amines) is 1. The first-order chi connectivity index (χ1) is 14.8. The van der Waals surface area contributed by atoms with Crippen LogP contribution in [0.5, 0.6) is 5.75 Å². The third-order valence-corrected chi connectivity index (χ3v) is 6.50. The summed E-state index contributed by atoms with van der Waals surface area (Å²) in [7, 11) is -2.40. The molecule has 9 heteroatoms. The Morgan fingerprint density at radius 1 is 1.13 bits per heavy atom. The summed E-state index contributed by atoms with van der Waals surface area (Å²) in [6.45, 7) is 3.65. The fourth-order valence-corrected chi connectivity index (χ4v) is 4.45. The number of sulfonamides is 1. The highest BCUT2D eigenvalue weighted by molar-refractivity contribution is 7.89. The highest BCUT2D eigenvalue weighted by Gasteiger charge is 2.21. The number of rotatable bonds is 9. The van der Waals surface area contributed by atoms with Crippen LogP contribution < -0.4 is 14.8 Å². The Morgan fingerprint density at radius 2 is 1.84 bits per heavy atom. The zero-order valence-corrected chi connectivity index (χ0v) is 18.5. The largest absolute Gasteiger partial charge is 0.496 e. The van der Waals surface area contributed by atoms with E-state index in [0.29, 0.717) is 25.3 Å². The maximum absolute atomic E-state index is 12.7. The van der Waals surface area contributed by atoms with Gasteiger partial charge in [0.2, 0.25) is 15.9 Å². The number of ether oxygens (including phenoxy) is 1. The summed E-state index contributed by atoms with van der Waals surface area (Å²) in [6, 6.07) is 11.7. The van der Waals surface area contributed by atoms with E-state index in [1.807, 2.05) is 29.2 Å². The van der Waals surface area contributed by atoms with Gasteiger partial charge in [-0.1, -0.05) is 24.3 Å². The molecule has 0 unspecified atom stereocenters. The Balaban J connectivity index is 1.67. The lowest BCUT2D eigenvalue weighted by atomic mass is 10.1. The maximum Gasteiger partial charge on any atom is 0.255 e. The van der Waals surface area contributed by atoms with Crippen molar-refractivity contribution in [3.05, 3.63) is 59.2 Å². The molecule has 0 saturated carbocycles. The number of amides is 2. The van der Waals surface area contributed by atoms with Crippen molar-refractivity contribution in [3.8, 4) is 5.75 Å². The first-order valence-corrected chi connectivity index (χ1v) is 11.6. The standard InChI is InChI=1S/C22H27N3O5S/c1-3-23-22(27)19-13-18(10-11-20(19)30-2)31(28,29)24-14-16-6-8-17(9-7-16)15-25-12-4-5-21(25)26/h6-11,13,24H,3-5,12,14-15H2,1-2H3,(H,23,27). The number of nitrogens with zero attached hydrogens (tertiary/aromatic N) is 1. The molecule has 1 heterocycles. The van der Waals surface area contributed by atoms with Gasteiger partial charge >= 0.3 is 0 Å². The fourth-order valence-electron chi connectivity index (χ4n) is 3.40. The smallest absolute Gasteiger partial charge is 0.255 e. The maximum atomic E-state index is 12.7. The molecule has 0 atom stereocenters. The lowest BCUT2D eigenvalue weighted by Crippen LogP contribution is -2.26. The van der Waals surface area contributed by atoms with E-state index in [9.17, 15) is 18.0 Å². The molecule has 2 N–H and O–H groups in total. The van der Waals surface area contributed by atoms with Gasteiger partial charge in [0.05, 0.1) is 17.6 Å². The number of hydrogen-bond donors (Lipinski definition) is 2. The van der Waals surface area contributed by atoms with Gasteiger partial charge in [0, 0.05) is 32.6 Å². The highest BCUT2D eigenvalue weighted by atomic mass is 32.2. The highest BCUT2D eigenvalue weighted by Crippen LogP contribution is 2.23. The minimum absolute atomic E-state index is 0.0151. The molecular formula is C22H27N3O5S. The summed E-state index contributed by atoms with van der Waals surface area (Å²) in [5, 5.41) is 2.65. The Labute approximate surface area is 182 Å². The van der Waals surface area contributed by atoms with Crippen molar-refractivity contribution in [2.24, 2.45) is 0 Å². The molecule has 1 aliphatic heterocycles. The van der Waals surface area contributed by atoms with E-state index in [-0.39, 0.29) is 22.9 Å². The Hall–Kier alpha value is -2.91. The van der Waals surface area contributed by atoms with E-state index in [1.165, 1.54) is 25.3 Å². The summed E-state index contributed by atoms with van der Waals surface area (Å²) < 4.78 is 33.2. The van der Waals surface area contributed by atoms with Gasteiger partial charge in [0.15, 0.2) is 0 Å². The molecule has 2 aromatic rings. The quantitative estimate of drug-likeness (QED) is 0.615. The molecule has 2 amide bonds. The number of carbonyl (C=O) groups excluding carboxylic acids is 2. The van der Waals surface area contributed by atoms with Gasteiger partial charge in [0.1, 0.15) is 5.75 Å². The molecule has 31 heavy (non-hydrogen) atoms. The third kappa shape index (κ3) is 5.62. The van der Waals surface area contributed by atoms with Gasteiger partial charge in [-0.3, -0.25) is 9.59 Å². The van der Waals surface area contributed by atoms with Crippen LogP contribution in [0, 0.1) is 0 Å². The predicted molar refractivity (Wildman–Crippen MR) is 116 cm³/mol. The number of hydrogen-bond acceptors (Lipinski definition) is 5. The monoisotopic (exact) mass is 445 g/mol. The average Bonchev–Trinajstić information content (AvgIpc) is 3.17. The Morgan fingerprint density at radius 3 is 2.45 bits per heavy atom. The zero-order chi connectivity index (χ0) is 22.4. The number of benzene rings is 2. The van der Waals surface area contributed by atoms with E-state index in [2.05, 4.69) is 10.0 Å².